The van der Waals surface area contributed by atoms with E-state index >= 15 is 0 Å². The molecular formula is C21H33N3O. The van der Waals surface area contributed by atoms with Gasteiger partial charge in [-0.1, -0.05) is 38.1 Å². The number of amides is 1. The van der Waals surface area contributed by atoms with Crippen molar-refractivity contribution in [1.29, 1.82) is 0 Å². The predicted octanol–water partition coefficient (Wildman–Crippen LogP) is 2.62. The SMILES string of the molecule is Cc1ccccc1CN1CCN(C(=O)C2CCN(CC(C)C)C2)CC1. The second-order valence-electron chi connectivity index (χ2n) is 8.17. The van der Waals surface area contributed by atoms with Crippen LogP contribution in [-0.2, 0) is 11.3 Å². The summed E-state index contributed by atoms with van der Waals surface area (Å²) in [6.45, 7) is 14.6. The minimum absolute atomic E-state index is 0.224. The van der Waals surface area contributed by atoms with Gasteiger partial charge in [0.05, 0.1) is 5.92 Å². The average molecular weight is 344 g/mol. The van der Waals surface area contributed by atoms with Gasteiger partial charge in [0.25, 0.3) is 0 Å². The third kappa shape index (κ3) is 4.83. The maximum atomic E-state index is 12.8. The standard InChI is InChI=1S/C21H33N3O/c1-17(2)14-23-9-8-20(16-23)21(25)24-12-10-22(11-13-24)15-19-7-5-4-6-18(19)3/h4-7,17,20H,8-16H2,1-3H3. The Bertz CT molecular complexity index is 578. The van der Waals surface area contributed by atoms with Crippen molar-refractivity contribution in [1.82, 2.24) is 14.7 Å². The lowest BCUT2D eigenvalue weighted by Crippen LogP contribution is -2.50. The molecule has 2 aliphatic heterocycles. The van der Waals surface area contributed by atoms with Crippen LogP contribution in [0.25, 0.3) is 0 Å². The molecule has 2 aliphatic rings. The van der Waals surface area contributed by atoms with Crippen LogP contribution in [0.5, 0.6) is 0 Å². The summed E-state index contributed by atoms with van der Waals surface area (Å²) in [5, 5.41) is 0. The van der Waals surface area contributed by atoms with E-state index in [-0.39, 0.29) is 5.92 Å². The van der Waals surface area contributed by atoms with Crippen LogP contribution < -0.4 is 0 Å². The van der Waals surface area contributed by atoms with Crippen LogP contribution in [0.4, 0.5) is 0 Å². The van der Waals surface area contributed by atoms with Crippen molar-refractivity contribution in [2.24, 2.45) is 11.8 Å². The molecule has 4 nitrogen and oxygen atoms in total. The lowest BCUT2D eigenvalue weighted by Gasteiger charge is -2.36. The Balaban J connectivity index is 1.46. The molecule has 25 heavy (non-hydrogen) atoms. The first-order valence-electron chi connectivity index (χ1n) is 9.81. The molecule has 0 N–H and O–H groups in total. The first-order chi connectivity index (χ1) is 12.0. The van der Waals surface area contributed by atoms with Crippen molar-refractivity contribution in [3.63, 3.8) is 0 Å². The molecule has 1 aromatic carbocycles. The lowest BCUT2D eigenvalue weighted by atomic mass is 10.1. The van der Waals surface area contributed by atoms with Crippen molar-refractivity contribution in [2.75, 3.05) is 45.8 Å². The molecule has 1 amide bonds. The van der Waals surface area contributed by atoms with Gasteiger partial charge < -0.3 is 9.80 Å². The van der Waals surface area contributed by atoms with Gasteiger partial charge in [0.2, 0.25) is 5.91 Å². The van der Waals surface area contributed by atoms with Crippen molar-refractivity contribution < 1.29 is 4.79 Å². The first-order valence-corrected chi connectivity index (χ1v) is 9.81. The molecule has 1 aromatic rings. The van der Waals surface area contributed by atoms with E-state index in [9.17, 15) is 4.79 Å². The third-order valence-corrected chi connectivity index (χ3v) is 5.58. The Hall–Kier alpha value is -1.39. The summed E-state index contributed by atoms with van der Waals surface area (Å²) in [6.07, 6.45) is 1.04. The van der Waals surface area contributed by atoms with Gasteiger partial charge in [0.1, 0.15) is 0 Å². The number of hydrogen-bond donors (Lipinski definition) is 0. The Labute approximate surface area is 152 Å². The normalized spacial score (nSPS) is 22.7. The zero-order valence-corrected chi connectivity index (χ0v) is 16.1. The van der Waals surface area contributed by atoms with Crippen LogP contribution in [0.3, 0.4) is 0 Å². The van der Waals surface area contributed by atoms with Gasteiger partial charge in [-0.15, -0.1) is 0 Å². The molecule has 0 saturated carbocycles. The van der Waals surface area contributed by atoms with Crippen molar-refractivity contribution in [3.05, 3.63) is 35.4 Å². The second-order valence-corrected chi connectivity index (χ2v) is 8.17. The number of hydrogen-bond acceptors (Lipinski definition) is 3. The second kappa shape index (κ2) is 8.33. The number of carbonyl (C=O) groups is 1. The largest absolute Gasteiger partial charge is 0.340 e. The molecule has 2 fully saturated rings. The number of nitrogens with zero attached hydrogens (tertiary/aromatic N) is 3. The van der Waals surface area contributed by atoms with E-state index in [1.807, 2.05) is 0 Å². The van der Waals surface area contributed by atoms with Crippen LogP contribution in [0, 0.1) is 18.8 Å². The molecule has 0 aliphatic carbocycles. The zero-order chi connectivity index (χ0) is 17.8. The van der Waals surface area contributed by atoms with Gasteiger partial charge >= 0.3 is 0 Å². The summed E-state index contributed by atoms with van der Waals surface area (Å²) in [4.78, 5) is 19.9. The number of carbonyl (C=O) groups excluding carboxylic acids is 1. The predicted molar refractivity (Wildman–Crippen MR) is 102 cm³/mol. The fraction of sp³-hybridized carbons (Fsp3) is 0.667. The molecule has 138 valence electrons. The van der Waals surface area contributed by atoms with E-state index in [1.165, 1.54) is 11.1 Å². The van der Waals surface area contributed by atoms with E-state index in [1.54, 1.807) is 0 Å². The Kier molecular flexibility index (Phi) is 6.13. The molecular weight excluding hydrogens is 310 g/mol. The van der Waals surface area contributed by atoms with Gasteiger partial charge in [0, 0.05) is 45.8 Å². The summed E-state index contributed by atoms with van der Waals surface area (Å²) in [5.41, 5.74) is 2.76. The lowest BCUT2D eigenvalue weighted by molar-refractivity contribution is -0.137. The first kappa shape index (κ1) is 18.4. The highest BCUT2D eigenvalue weighted by atomic mass is 16.2. The van der Waals surface area contributed by atoms with Gasteiger partial charge in [-0.3, -0.25) is 9.69 Å². The molecule has 0 bridgehead atoms. The zero-order valence-electron chi connectivity index (χ0n) is 16.1. The van der Waals surface area contributed by atoms with Crippen molar-refractivity contribution in [2.45, 2.75) is 33.7 Å². The van der Waals surface area contributed by atoms with Crippen LogP contribution >= 0.6 is 0 Å². The summed E-state index contributed by atoms with van der Waals surface area (Å²) < 4.78 is 0. The smallest absolute Gasteiger partial charge is 0.227 e. The van der Waals surface area contributed by atoms with Gasteiger partial charge in [-0.05, 0) is 36.9 Å². The molecule has 1 atom stereocenters. The van der Waals surface area contributed by atoms with E-state index in [2.05, 4.69) is 59.7 Å². The van der Waals surface area contributed by atoms with Gasteiger partial charge in [-0.25, -0.2) is 0 Å². The van der Waals surface area contributed by atoms with Crippen molar-refractivity contribution >= 4 is 5.91 Å². The molecule has 1 unspecified atom stereocenters. The molecule has 4 heteroatoms. The minimum Gasteiger partial charge on any atom is -0.340 e. The quantitative estimate of drug-likeness (QED) is 0.822. The topological polar surface area (TPSA) is 26.8 Å². The molecule has 0 spiro atoms. The van der Waals surface area contributed by atoms with Gasteiger partial charge in [0.15, 0.2) is 0 Å². The maximum absolute atomic E-state index is 12.8. The molecule has 2 heterocycles. The third-order valence-electron chi connectivity index (χ3n) is 5.58. The Morgan fingerprint density at radius 3 is 2.48 bits per heavy atom. The number of benzene rings is 1. The highest BCUT2D eigenvalue weighted by Crippen LogP contribution is 2.21. The van der Waals surface area contributed by atoms with E-state index in [0.717, 1.165) is 58.8 Å². The highest BCUT2D eigenvalue weighted by Gasteiger charge is 2.32. The molecule has 3 rings (SSSR count). The Morgan fingerprint density at radius 1 is 1.08 bits per heavy atom. The van der Waals surface area contributed by atoms with E-state index in [0.29, 0.717) is 11.8 Å². The van der Waals surface area contributed by atoms with Crippen LogP contribution in [0.2, 0.25) is 0 Å². The Morgan fingerprint density at radius 2 is 1.80 bits per heavy atom. The fourth-order valence-corrected chi connectivity index (χ4v) is 4.13. The van der Waals surface area contributed by atoms with Crippen LogP contribution in [-0.4, -0.2) is 66.4 Å². The number of likely N-dealkylation sites (tertiary alicyclic amines) is 1. The summed E-state index contributed by atoms with van der Waals surface area (Å²) in [7, 11) is 0. The molecule has 0 radical (unpaired) electrons. The molecule has 0 aromatic heterocycles. The number of piperazine rings is 1. The van der Waals surface area contributed by atoms with E-state index in [4.69, 9.17) is 0 Å². The highest BCUT2D eigenvalue weighted by molar-refractivity contribution is 5.79. The number of aryl methyl sites for hydroxylation is 1. The monoisotopic (exact) mass is 343 g/mol. The summed E-state index contributed by atoms with van der Waals surface area (Å²) in [6, 6.07) is 8.61. The minimum atomic E-state index is 0.224. The van der Waals surface area contributed by atoms with Gasteiger partial charge in [-0.2, -0.15) is 0 Å². The summed E-state index contributed by atoms with van der Waals surface area (Å²) >= 11 is 0. The molecule has 2 saturated heterocycles. The maximum Gasteiger partial charge on any atom is 0.227 e. The van der Waals surface area contributed by atoms with Crippen LogP contribution in [0.15, 0.2) is 24.3 Å². The number of rotatable bonds is 5. The average Bonchev–Trinajstić information content (AvgIpc) is 3.05. The fourth-order valence-electron chi connectivity index (χ4n) is 4.13. The van der Waals surface area contributed by atoms with Crippen LogP contribution in [0.1, 0.15) is 31.4 Å². The van der Waals surface area contributed by atoms with Crippen molar-refractivity contribution in [3.8, 4) is 0 Å². The van der Waals surface area contributed by atoms with E-state index < -0.39 is 0 Å². The summed E-state index contributed by atoms with van der Waals surface area (Å²) in [5.74, 6) is 1.29.